The molecule has 1 aliphatic carbocycles. The molecule has 2 N–H and O–H groups in total. The Kier molecular flexibility index (Phi) is 5.74. The first-order chi connectivity index (χ1) is 12.8. The highest BCUT2D eigenvalue weighted by Crippen LogP contribution is 2.44. The third-order valence-corrected chi connectivity index (χ3v) is 5.94. The molecule has 0 saturated heterocycles. The number of benzene rings is 1. The molecule has 1 aromatic carbocycles. The first kappa shape index (κ1) is 19.7. The molecular formula is C19H23F3N4S. The number of aliphatic imine (C=N–C) groups is 1. The molecule has 0 radical (unpaired) electrons. The van der Waals surface area contributed by atoms with Gasteiger partial charge in [0.15, 0.2) is 5.96 Å². The SMILES string of the molecule is CN=C(NCc1cnc(C)s1)NCC1(c2cccc(C(F)(F)F)c2)CCC1. The Balaban J connectivity index is 1.65. The molecule has 2 aromatic rings. The lowest BCUT2D eigenvalue weighted by atomic mass is 9.64. The molecule has 1 fully saturated rings. The zero-order chi connectivity index (χ0) is 19.5. The van der Waals surface area contributed by atoms with Crippen molar-refractivity contribution in [1.82, 2.24) is 15.6 Å². The number of alkyl halides is 3. The van der Waals surface area contributed by atoms with Crippen molar-refractivity contribution in [2.45, 2.75) is 44.3 Å². The number of aryl methyl sites for hydroxylation is 1. The second-order valence-electron chi connectivity index (χ2n) is 6.84. The van der Waals surface area contributed by atoms with Crippen molar-refractivity contribution < 1.29 is 13.2 Å². The summed E-state index contributed by atoms with van der Waals surface area (Å²) in [6.07, 6.45) is 0.262. The topological polar surface area (TPSA) is 49.3 Å². The van der Waals surface area contributed by atoms with Gasteiger partial charge in [0.1, 0.15) is 0 Å². The quantitative estimate of drug-likeness (QED) is 0.587. The van der Waals surface area contributed by atoms with Crippen molar-refractivity contribution in [2.75, 3.05) is 13.6 Å². The van der Waals surface area contributed by atoms with Gasteiger partial charge in [0.05, 0.1) is 17.1 Å². The third-order valence-electron chi connectivity index (χ3n) is 5.03. The predicted molar refractivity (Wildman–Crippen MR) is 102 cm³/mol. The molecule has 3 rings (SSSR count). The van der Waals surface area contributed by atoms with Crippen LogP contribution in [-0.4, -0.2) is 24.5 Å². The zero-order valence-corrected chi connectivity index (χ0v) is 16.2. The van der Waals surface area contributed by atoms with Crippen LogP contribution in [0.15, 0.2) is 35.5 Å². The van der Waals surface area contributed by atoms with Crippen molar-refractivity contribution in [1.29, 1.82) is 0 Å². The first-order valence-electron chi connectivity index (χ1n) is 8.86. The van der Waals surface area contributed by atoms with E-state index in [1.54, 1.807) is 24.5 Å². The maximum absolute atomic E-state index is 13.1. The van der Waals surface area contributed by atoms with Crippen molar-refractivity contribution in [2.24, 2.45) is 4.99 Å². The van der Waals surface area contributed by atoms with Gasteiger partial charge < -0.3 is 10.6 Å². The van der Waals surface area contributed by atoms with Gasteiger partial charge in [0.25, 0.3) is 0 Å². The lowest BCUT2D eigenvalue weighted by Crippen LogP contribution is -2.48. The highest BCUT2D eigenvalue weighted by molar-refractivity contribution is 7.11. The van der Waals surface area contributed by atoms with Crippen LogP contribution in [-0.2, 0) is 18.1 Å². The Hall–Kier alpha value is -2.09. The average molecular weight is 396 g/mol. The van der Waals surface area contributed by atoms with E-state index >= 15 is 0 Å². The summed E-state index contributed by atoms with van der Waals surface area (Å²) in [7, 11) is 1.69. The number of nitrogens with one attached hydrogen (secondary N) is 2. The molecule has 0 atom stereocenters. The van der Waals surface area contributed by atoms with Gasteiger partial charge in [-0.1, -0.05) is 24.6 Å². The van der Waals surface area contributed by atoms with Crippen LogP contribution in [0.5, 0.6) is 0 Å². The summed E-state index contributed by atoms with van der Waals surface area (Å²) in [4.78, 5) is 9.55. The van der Waals surface area contributed by atoms with Crippen molar-refractivity contribution in [3.8, 4) is 0 Å². The number of hydrogen-bond donors (Lipinski definition) is 2. The first-order valence-corrected chi connectivity index (χ1v) is 9.68. The molecule has 0 aliphatic heterocycles. The smallest absolute Gasteiger partial charge is 0.356 e. The number of thiazole rings is 1. The summed E-state index contributed by atoms with van der Waals surface area (Å²) in [5.41, 5.74) is -0.126. The fourth-order valence-corrected chi connectivity index (χ4v) is 4.06. The van der Waals surface area contributed by atoms with E-state index in [0.717, 1.165) is 40.8 Å². The summed E-state index contributed by atoms with van der Waals surface area (Å²) in [5.74, 6) is 0.638. The van der Waals surface area contributed by atoms with E-state index < -0.39 is 11.7 Å². The van der Waals surface area contributed by atoms with Gasteiger partial charge in [0.2, 0.25) is 0 Å². The van der Waals surface area contributed by atoms with Crippen LogP contribution in [0.25, 0.3) is 0 Å². The molecule has 4 nitrogen and oxygen atoms in total. The number of guanidine groups is 1. The highest BCUT2D eigenvalue weighted by Gasteiger charge is 2.40. The molecule has 0 amide bonds. The van der Waals surface area contributed by atoms with Gasteiger partial charge in [-0.2, -0.15) is 13.2 Å². The Labute approximate surface area is 160 Å². The summed E-state index contributed by atoms with van der Waals surface area (Å²) in [6, 6.07) is 5.71. The van der Waals surface area contributed by atoms with E-state index in [9.17, 15) is 13.2 Å². The fraction of sp³-hybridized carbons (Fsp3) is 0.474. The average Bonchev–Trinajstić information content (AvgIpc) is 3.01. The molecule has 1 aliphatic rings. The van der Waals surface area contributed by atoms with E-state index in [4.69, 9.17) is 0 Å². The summed E-state index contributed by atoms with van der Waals surface area (Å²) >= 11 is 1.62. The molecule has 1 aromatic heterocycles. The number of aromatic nitrogens is 1. The minimum Gasteiger partial charge on any atom is -0.356 e. The van der Waals surface area contributed by atoms with Crippen LogP contribution in [0.1, 0.15) is 40.3 Å². The summed E-state index contributed by atoms with van der Waals surface area (Å²) in [5, 5.41) is 7.53. The largest absolute Gasteiger partial charge is 0.416 e. The van der Waals surface area contributed by atoms with Crippen LogP contribution in [0.4, 0.5) is 13.2 Å². The van der Waals surface area contributed by atoms with Crippen LogP contribution in [0.2, 0.25) is 0 Å². The van der Waals surface area contributed by atoms with Crippen molar-refractivity contribution in [3.05, 3.63) is 51.5 Å². The molecular weight excluding hydrogens is 373 g/mol. The third kappa shape index (κ3) is 4.61. The molecule has 146 valence electrons. The predicted octanol–water partition coefficient (Wildman–Crippen LogP) is 4.26. The van der Waals surface area contributed by atoms with E-state index in [0.29, 0.717) is 19.0 Å². The van der Waals surface area contributed by atoms with Gasteiger partial charge >= 0.3 is 6.18 Å². The monoisotopic (exact) mass is 396 g/mol. The van der Waals surface area contributed by atoms with Gasteiger partial charge in [0, 0.05) is 30.1 Å². The number of rotatable bonds is 5. The number of halogens is 3. The van der Waals surface area contributed by atoms with Gasteiger partial charge in [-0.3, -0.25) is 4.99 Å². The molecule has 0 spiro atoms. The molecule has 0 unspecified atom stereocenters. The summed E-state index contributed by atoms with van der Waals surface area (Å²) < 4.78 is 39.2. The lowest BCUT2D eigenvalue weighted by molar-refractivity contribution is -0.137. The Morgan fingerprint density at radius 2 is 2.07 bits per heavy atom. The van der Waals surface area contributed by atoms with Crippen LogP contribution in [0, 0.1) is 6.92 Å². The highest BCUT2D eigenvalue weighted by atomic mass is 32.1. The van der Waals surface area contributed by atoms with E-state index in [2.05, 4.69) is 20.6 Å². The molecule has 8 heteroatoms. The number of nitrogens with zero attached hydrogens (tertiary/aromatic N) is 2. The van der Waals surface area contributed by atoms with Gasteiger partial charge in [-0.15, -0.1) is 11.3 Å². The minimum atomic E-state index is -4.32. The normalized spacial score (nSPS) is 16.7. The Bertz CT molecular complexity index is 809. The summed E-state index contributed by atoms with van der Waals surface area (Å²) in [6.45, 7) is 3.12. The van der Waals surface area contributed by atoms with Crippen molar-refractivity contribution in [3.63, 3.8) is 0 Å². The fourth-order valence-electron chi connectivity index (χ4n) is 3.33. The van der Waals surface area contributed by atoms with Gasteiger partial charge in [-0.05, 0) is 31.4 Å². The second-order valence-corrected chi connectivity index (χ2v) is 8.16. The van der Waals surface area contributed by atoms with Gasteiger partial charge in [-0.25, -0.2) is 4.98 Å². The number of hydrogen-bond acceptors (Lipinski definition) is 3. The Morgan fingerprint density at radius 3 is 2.63 bits per heavy atom. The second kappa shape index (κ2) is 7.88. The molecule has 0 bridgehead atoms. The van der Waals surface area contributed by atoms with Crippen molar-refractivity contribution >= 4 is 17.3 Å². The van der Waals surface area contributed by atoms with Crippen LogP contribution < -0.4 is 10.6 Å². The van der Waals surface area contributed by atoms with Crippen LogP contribution in [0.3, 0.4) is 0 Å². The molecule has 27 heavy (non-hydrogen) atoms. The van der Waals surface area contributed by atoms with E-state index in [1.165, 1.54) is 12.1 Å². The standard InChI is InChI=1S/C19H23F3N4S/c1-13-24-10-16(27-13)11-25-17(23-2)26-12-18(7-4-8-18)14-5-3-6-15(9-14)19(20,21)22/h3,5-6,9-10H,4,7-8,11-12H2,1-2H3,(H2,23,25,26). The maximum atomic E-state index is 13.1. The van der Waals surface area contributed by atoms with E-state index in [-0.39, 0.29) is 5.41 Å². The molecule has 1 saturated carbocycles. The lowest BCUT2D eigenvalue weighted by Gasteiger charge is -2.43. The minimum absolute atomic E-state index is 0.278. The molecule has 1 heterocycles. The van der Waals surface area contributed by atoms with Crippen LogP contribution >= 0.6 is 11.3 Å². The van der Waals surface area contributed by atoms with E-state index in [1.807, 2.05) is 13.1 Å². The zero-order valence-electron chi connectivity index (χ0n) is 15.4. The Morgan fingerprint density at radius 1 is 1.30 bits per heavy atom. The maximum Gasteiger partial charge on any atom is 0.416 e.